The lowest BCUT2D eigenvalue weighted by molar-refractivity contribution is 0.529. The maximum atomic E-state index is 5.33. The Labute approximate surface area is 114 Å². The van der Waals surface area contributed by atoms with Crippen LogP contribution in [0.25, 0.3) is 0 Å². The van der Waals surface area contributed by atoms with Crippen LogP contribution in [0.1, 0.15) is 24.7 Å². The Morgan fingerprint density at radius 1 is 1.37 bits per heavy atom. The van der Waals surface area contributed by atoms with Gasteiger partial charge in [-0.05, 0) is 25.5 Å². The molecule has 0 fully saturated rings. The van der Waals surface area contributed by atoms with Crippen LogP contribution in [0.15, 0.2) is 35.1 Å². The first-order chi connectivity index (χ1) is 9.20. The lowest BCUT2D eigenvalue weighted by atomic mass is 10.2. The summed E-state index contributed by atoms with van der Waals surface area (Å²) in [6, 6.07) is 6.11. The molecule has 2 aromatic rings. The van der Waals surface area contributed by atoms with Crippen molar-refractivity contribution in [2.24, 2.45) is 0 Å². The van der Waals surface area contributed by atoms with Gasteiger partial charge in [-0.2, -0.15) is 0 Å². The van der Waals surface area contributed by atoms with Gasteiger partial charge in [0.1, 0.15) is 11.6 Å². The standard InChI is InChI=1S/C15H21N3O/c1-4-7-16-15-10-14(5-8-17-15)18(3)11-13-6-9-19-12(13)2/h5-6,8-10H,4,7,11H2,1-3H3,(H,16,17). The van der Waals surface area contributed by atoms with E-state index in [0.29, 0.717) is 0 Å². The number of nitrogens with zero attached hydrogens (tertiary/aromatic N) is 2. The molecule has 0 unspecified atom stereocenters. The molecule has 0 bridgehead atoms. The van der Waals surface area contributed by atoms with Crippen molar-refractivity contribution in [3.8, 4) is 0 Å². The van der Waals surface area contributed by atoms with E-state index in [4.69, 9.17) is 4.42 Å². The lowest BCUT2D eigenvalue weighted by Crippen LogP contribution is -2.17. The van der Waals surface area contributed by atoms with Crippen molar-refractivity contribution in [1.29, 1.82) is 0 Å². The Hall–Kier alpha value is -1.97. The molecule has 0 aliphatic heterocycles. The predicted octanol–water partition coefficient (Wildman–Crippen LogP) is 3.44. The molecule has 4 nitrogen and oxygen atoms in total. The van der Waals surface area contributed by atoms with Crippen LogP contribution in [0.4, 0.5) is 11.5 Å². The zero-order valence-electron chi connectivity index (χ0n) is 11.8. The second kappa shape index (κ2) is 6.27. The molecule has 2 aromatic heterocycles. The van der Waals surface area contributed by atoms with E-state index < -0.39 is 0 Å². The third kappa shape index (κ3) is 3.50. The number of pyridine rings is 1. The van der Waals surface area contributed by atoms with Crippen LogP contribution in [0.3, 0.4) is 0 Å². The van der Waals surface area contributed by atoms with Gasteiger partial charge in [0.25, 0.3) is 0 Å². The fourth-order valence-electron chi connectivity index (χ4n) is 1.93. The molecule has 0 saturated heterocycles. The van der Waals surface area contributed by atoms with E-state index in [9.17, 15) is 0 Å². The number of nitrogens with one attached hydrogen (secondary N) is 1. The highest BCUT2D eigenvalue weighted by atomic mass is 16.3. The lowest BCUT2D eigenvalue weighted by Gasteiger charge is -2.19. The highest BCUT2D eigenvalue weighted by Crippen LogP contribution is 2.19. The van der Waals surface area contributed by atoms with Crippen LogP contribution in [-0.2, 0) is 6.54 Å². The molecule has 2 rings (SSSR count). The Balaban J connectivity index is 2.06. The summed E-state index contributed by atoms with van der Waals surface area (Å²) in [5.41, 5.74) is 2.36. The molecule has 0 spiro atoms. The number of rotatable bonds is 6. The van der Waals surface area contributed by atoms with E-state index in [1.165, 1.54) is 5.56 Å². The molecule has 0 amide bonds. The molecule has 0 aliphatic rings. The smallest absolute Gasteiger partial charge is 0.127 e. The number of hydrogen-bond acceptors (Lipinski definition) is 4. The summed E-state index contributed by atoms with van der Waals surface area (Å²) < 4.78 is 5.33. The van der Waals surface area contributed by atoms with Gasteiger partial charge in [0.05, 0.1) is 6.26 Å². The van der Waals surface area contributed by atoms with Crippen LogP contribution in [0.2, 0.25) is 0 Å². The molecule has 0 saturated carbocycles. The Kier molecular flexibility index (Phi) is 4.44. The van der Waals surface area contributed by atoms with E-state index in [1.807, 2.05) is 25.3 Å². The van der Waals surface area contributed by atoms with E-state index in [1.54, 1.807) is 6.26 Å². The summed E-state index contributed by atoms with van der Waals surface area (Å²) >= 11 is 0. The van der Waals surface area contributed by atoms with E-state index >= 15 is 0 Å². The van der Waals surface area contributed by atoms with Gasteiger partial charge < -0.3 is 14.6 Å². The molecule has 0 aliphatic carbocycles. The topological polar surface area (TPSA) is 41.3 Å². The first kappa shape index (κ1) is 13.5. The average Bonchev–Trinajstić information content (AvgIpc) is 2.82. The van der Waals surface area contributed by atoms with Gasteiger partial charge in [-0.3, -0.25) is 0 Å². The molecule has 0 aromatic carbocycles. The summed E-state index contributed by atoms with van der Waals surface area (Å²) in [5, 5.41) is 3.30. The van der Waals surface area contributed by atoms with Crippen LogP contribution < -0.4 is 10.2 Å². The molecule has 102 valence electrons. The van der Waals surface area contributed by atoms with Gasteiger partial charge >= 0.3 is 0 Å². The molecule has 4 heteroatoms. The van der Waals surface area contributed by atoms with Crippen molar-refractivity contribution in [2.75, 3.05) is 23.8 Å². The first-order valence-electron chi connectivity index (χ1n) is 6.64. The summed E-state index contributed by atoms with van der Waals surface area (Å²) in [4.78, 5) is 6.51. The number of aromatic nitrogens is 1. The maximum absolute atomic E-state index is 5.33. The second-order valence-corrected chi connectivity index (χ2v) is 4.68. The Morgan fingerprint density at radius 2 is 2.21 bits per heavy atom. The van der Waals surface area contributed by atoms with Gasteiger partial charge in [-0.1, -0.05) is 6.92 Å². The number of hydrogen-bond donors (Lipinski definition) is 1. The molecule has 0 atom stereocenters. The number of furan rings is 1. The second-order valence-electron chi connectivity index (χ2n) is 4.68. The highest BCUT2D eigenvalue weighted by molar-refractivity contribution is 5.53. The monoisotopic (exact) mass is 259 g/mol. The van der Waals surface area contributed by atoms with Crippen molar-refractivity contribution < 1.29 is 4.42 Å². The largest absolute Gasteiger partial charge is 0.469 e. The fourth-order valence-corrected chi connectivity index (χ4v) is 1.93. The van der Waals surface area contributed by atoms with Crippen molar-refractivity contribution in [3.63, 3.8) is 0 Å². The van der Waals surface area contributed by atoms with Gasteiger partial charge in [0.15, 0.2) is 0 Å². The minimum absolute atomic E-state index is 0.833. The van der Waals surface area contributed by atoms with Crippen molar-refractivity contribution in [1.82, 2.24) is 4.98 Å². The Bertz CT molecular complexity index is 522. The van der Waals surface area contributed by atoms with Gasteiger partial charge in [-0.25, -0.2) is 4.98 Å². The first-order valence-corrected chi connectivity index (χ1v) is 6.64. The zero-order chi connectivity index (χ0) is 13.7. The van der Waals surface area contributed by atoms with Crippen LogP contribution in [0.5, 0.6) is 0 Å². The van der Waals surface area contributed by atoms with Crippen LogP contribution >= 0.6 is 0 Å². The summed E-state index contributed by atoms with van der Waals surface area (Å²) in [5.74, 6) is 1.90. The normalized spacial score (nSPS) is 10.5. The van der Waals surface area contributed by atoms with Gasteiger partial charge in [0.2, 0.25) is 0 Å². The summed E-state index contributed by atoms with van der Waals surface area (Å²) in [7, 11) is 2.07. The van der Waals surface area contributed by atoms with Crippen molar-refractivity contribution in [3.05, 3.63) is 42.0 Å². The average molecular weight is 259 g/mol. The molecular formula is C15H21N3O. The van der Waals surface area contributed by atoms with Crippen LogP contribution in [0, 0.1) is 6.92 Å². The highest BCUT2D eigenvalue weighted by Gasteiger charge is 2.07. The fraction of sp³-hybridized carbons (Fsp3) is 0.400. The molecule has 1 N–H and O–H groups in total. The minimum Gasteiger partial charge on any atom is -0.469 e. The van der Waals surface area contributed by atoms with Gasteiger partial charge in [-0.15, -0.1) is 0 Å². The molecule has 0 radical (unpaired) electrons. The van der Waals surface area contributed by atoms with Crippen LogP contribution in [-0.4, -0.2) is 18.6 Å². The van der Waals surface area contributed by atoms with E-state index in [-0.39, 0.29) is 0 Å². The SMILES string of the molecule is CCCNc1cc(N(C)Cc2ccoc2C)ccn1. The number of anilines is 2. The summed E-state index contributed by atoms with van der Waals surface area (Å²) in [6.07, 6.45) is 4.67. The molecule has 2 heterocycles. The van der Waals surface area contributed by atoms with Gasteiger partial charge in [0, 0.05) is 43.7 Å². The van der Waals surface area contributed by atoms with Crippen molar-refractivity contribution in [2.45, 2.75) is 26.8 Å². The van der Waals surface area contributed by atoms with E-state index in [0.717, 1.165) is 36.8 Å². The van der Waals surface area contributed by atoms with E-state index in [2.05, 4.69) is 35.2 Å². The quantitative estimate of drug-likeness (QED) is 0.862. The maximum Gasteiger partial charge on any atom is 0.127 e. The number of aryl methyl sites for hydroxylation is 1. The molecule has 19 heavy (non-hydrogen) atoms. The minimum atomic E-state index is 0.833. The molecular weight excluding hydrogens is 238 g/mol. The third-order valence-electron chi connectivity index (χ3n) is 3.11. The van der Waals surface area contributed by atoms with Crippen molar-refractivity contribution >= 4 is 11.5 Å². The Morgan fingerprint density at radius 3 is 2.89 bits per heavy atom. The summed E-state index contributed by atoms with van der Waals surface area (Å²) in [6.45, 7) is 5.91. The zero-order valence-corrected chi connectivity index (χ0v) is 11.8. The predicted molar refractivity (Wildman–Crippen MR) is 78.6 cm³/mol. The third-order valence-corrected chi connectivity index (χ3v) is 3.11.